The van der Waals surface area contributed by atoms with Crippen LogP contribution >= 0.6 is 0 Å². The van der Waals surface area contributed by atoms with Crippen molar-refractivity contribution in [1.29, 1.82) is 5.26 Å². The molecule has 258 valence electrons. The van der Waals surface area contributed by atoms with Gasteiger partial charge in [0.25, 0.3) is 0 Å². The van der Waals surface area contributed by atoms with E-state index in [0.29, 0.717) is 5.56 Å². The minimum atomic E-state index is 0.633. The van der Waals surface area contributed by atoms with Gasteiger partial charge in [-0.3, -0.25) is 0 Å². The van der Waals surface area contributed by atoms with Gasteiger partial charge in [0.05, 0.1) is 44.5 Å². The summed E-state index contributed by atoms with van der Waals surface area (Å²) in [6, 6.07) is 63.5. The lowest BCUT2D eigenvalue weighted by Gasteiger charge is -2.16. The average Bonchev–Trinajstić information content (AvgIpc) is 3.85. The van der Waals surface area contributed by atoms with Gasteiger partial charge in [-0.2, -0.15) is 5.26 Å². The van der Waals surface area contributed by atoms with Crippen LogP contribution in [0.1, 0.15) is 16.7 Å². The summed E-state index contributed by atoms with van der Waals surface area (Å²) in [7, 11) is 0. The molecule has 11 rings (SSSR count). The van der Waals surface area contributed by atoms with Crippen molar-refractivity contribution in [2.24, 2.45) is 0 Å². The standard InChI is InChI=1S/C51H34N4/c1-32-19-24-48-40(27-32)41-28-33(2)20-25-49(41)55(48)47-18-10-17-46(43(47)31-52)54-45-16-9-7-14-38(45)42-29-34(22-26-50(42)54)35-21-23-39-37-13-6-8-15-44(37)53(51(39)30-35)36-11-4-3-5-12-36/h3-30H,1-2H3. The molecule has 0 saturated carbocycles. The number of aryl methyl sites for hydroxylation is 2. The van der Waals surface area contributed by atoms with Crippen LogP contribution in [0, 0.1) is 25.2 Å². The van der Waals surface area contributed by atoms with E-state index in [1.54, 1.807) is 0 Å². The summed E-state index contributed by atoms with van der Waals surface area (Å²) in [5.41, 5.74) is 14.9. The van der Waals surface area contributed by atoms with Crippen molar-refractivity contribution in [3.05, 3.63) is 187 Å². The normalized spacial score (nSPS) is 11.8. The first-order valence-electron chi connectivity index (χ1n) is 18.7. The lowest BCUT2D eigenvalue weighted by molar-refractivity contribution is 1.12. The Kier molecular flexibility index (Phi) is 6.71. The van der Waals surface area contributed by atoms with E-state index >= 15 is 0 Å². The zero-order valence-electron chi connectivity index (χ0n) is 30.5. The van der Waals surface area contributed by atoms with Gasteiger partial charge in [0, 0.05) is 38.0 Å². The number of nitrogens with zero attached hydrogens (tertiary/aromatic N) is 4. The van der Waals surface area contributed by atoms with Crippen LogP contribution < -0.4 is 0 Å². The summed E-state index contributed by atoms with van der Waals surface area (Å²) in [5.74, 6) is 0. The third kappa shape index (κ3) is 4.57. The van der Waals surface area contributed by atoms with Gasteiger partial charge in [0.1, 0.15) is 11.6 Å². The van der Waals surface area contributed by atoms with Gasteiger partial charge in [-0.05, 0) is 104 Å². The van der Waals surface area contributed by atoms with Gasteiger partial charge < -0.3 is 13.7 Å². The highest BCUT2D eigenvalue weighted by Gasteiger charge is 2.21. The summed E-state index contributed by atoms with van der Waals surface area (Å²) < 4.78 is 6.91. The van der Waals surface area contributed by atoms with E-state index in [1.807, 2.05) is 0 Å². The summed E-state index contributed by atoms with van der Waals surface area (Å²) >= 11 is 0. The van der Waals surface area contributed by atoms with Crippen LogP contribution in [0.25, 0.3) is 93.6 Å². The predicted octanol–water partition coefficient (Wildman–Crippen LogP) is 13.1. The quantitative estimate of drug-likeness (QED) is 0.180. The Labute approximate surface area is 317 Å². The zero-order chi connectivity index (χ0) is 36.8. The van der Waals surface area contributed by atoms with Crippen molar-refractivity contribution in [2.75, 3.05) is 0 Å². The summed E-state index contributed by atoms with van der Waals surface area (Å²) in [6.07, 6.45) is 0. The predicted molar refractivity (Wildman–Crippen MR) is 229 cm³/mol. The first kappa shape index (κ1) is 31.2. The van der Waals surface area contributed by atoms with Crippen LogP contribution in [-0.2, 0) is 0 Å². The molecule has 0 fully saturated rings. The van der Waals surface area contributed by atoms with Crippen molar-refractivity contribution in [3.63, 3.8) is 0 Å². The molecule has 0 atom stereocenters. The van der Waals surface area contributed by atoms with Gasteiger partial charge in [0.2, 0.25) is 0 Å². The fraction of sp³-hybridized carbons (Fsp3) is 0.0392. The maximum atomic E-state index is 11.0. The Morgan fingerprint density at radius 1 is 0.364 bits per heavy atom. The molecule has 0 bridgehead atoms. The molecule has 0 N–H and O–H groups in total. The van der Waals surface area contributed by atoms with Crippen LogP contribution in [0.4, 0.5) is 0 Å². The minimum Gasteiger partial charge on any atom is -0.309 e. The molecule has 0 aliphatic heterocycles. The van der Waals surface area contributed by atoms with Crippen molar-refractivity contribution in [3.8, 4) is 34.3 Å². The van der Waals surface area contributed by atoms with Crippen LogP contribution in [0.5, 0.6) is 0 Å². The van der Waals surface area contributed by atoms with E-state index in [9.17, 15) is 5.26 Å². The van der Waals surface area contributed by atoms with Crippen molar-refractivity contribution in [1.82, 2.24) is 13.7 Å². The van der Waals surface area contributed by atoms with E-state index in [1.165, 1.54) is 43.7 Å². The summed E-state index contributed by atoms with van der Waals surface area (Å²) in [4.78, 5) is 0. The Bertz CT molecular complexity index is 3340. The highest BCUT2D eigenvalue weighted by Crippen LogP contribution is 2.40. The number of rotatable bonds is 4. The lowest BCUT2D eigenvalue weighted by Crippen LogP contribution is -2.04. The van der Waals surface area contributed by atoms with Gasteiger partial charge in [0.15, 0.2) is 0 Å². The van der Waals surface area contributed by atoms with Gasteiger partial charge in [-0.15, -0.1) is 0 Å². The van der Waals surface area contributed by atoms with E-state index in [0.717, 1.165) is 61.0 Å². The fourth-order valence-electron chi connectivity index (χ4n) is 8.94. The number of nitriles is 1. The Hall–Kier alpha value is -7.35. The molecule has 3 aromatic heterocycles. The Morgan fingerprint density at radius 2 is 0.836 bits per heavy atom. The van der Waals surface area contributed by atoms with Crippen molar-refractivity contribution < 1.29 is 0 Å². The van der Waals surface area contributed by atoms with Crippen molar-refractivity contribution >= 4 is 65.4 Å². The molecule has 4 nitrogen and oxygen atoms in total. The largest absolute Gasteiger partial charge is 0.309 e. The number of hydrogen-bond acceptors (Lipinski definition) is 1. The van der Waals surface area contributed by atoms with Crippen LogP contribution in [-0.4, -0.2) is 13.7 Å². The third-order valence-electron chi connectivity index (χ3n) is 11.4. The monoisotopic (exact) mass is 702 g/mol. The molecule has 8 aromatic carbocycles. The van der Waals surface area contributed by atoms with Gasteiger partial charge in [-0.25, -0.2) is 0 Å². The maximum absolute atomic E-state index is 11.0. The second-order valence-electron chi connectivity index (χ2n) is 14.7. The number of hydrogen-bond donors (Lipinski definition) is 0. The second-order valence-corrected chi connectivity index (χ2v) is 14.7. The molecule has 0 spiro atoms. The zero-order valence-corrected chi connectivity index (χ0v) is 30.5. The first-order valence-corrected chi connectivity index (χ1v) is 18.7. The van der Waals surface area contributed by atoms with Gasteiger partial charge in [-0.1, -0.05) is 102 Å². The molecular formula is C51H34N4. The smallest absolute Gasteiger partial charge is 0.104 e. The molecule has 0 aliphatic rings. The van der Waals surface area contributed by atoms with Crippen molar-refractivity contribution in [2.45, 2.75) is 13.8 Å². The highest BCUT2D eigenvalue weighted by molar-refractivity contribution is 6.13. The molecule has 11 aromatic rings. The molecule has 55 heavy (non-hydrogen) atoms. The molecule has 0 aliphatic carbocycles. The van der Waals surface area contributed by atoms with E-state index in [-0.39, 0.29) is 0 Å². The number of para-hydroxylation sites is 3. The van der Waals surface area contributed by atoms with E-state index < -0.39 is 0 Å². The summed E-state index contributed by atoms with van der Waals surface area (Å²) in [5, 5.41) is 18.2. The highest BCUT2D eigenvalue weighted by atomic mass is 15.0. The SMILES string of the molecule is Cc1ccc2c(c1)c1cc(C)ccc1n2-c1cccc(-n2c3ccccc3c3cc(-c4ccc5c6ccccc6n(-c6ccccc6)c5c4)ccc32)c1C#N. The fourth-order valence-corrected chi connectivity index (χ4v) is 8.94. The summed E-state index contributed by atoms with van der Waals surface area (Å²) in [6.45, 7) is 4.27. The van der Waals surface area contributed by atoms with Crippen LogP contribution in [0.3, 0.4) is 0 Å². The number of aromatic nitrogens is 3. The molecule has 0 radical (unpaired) electrons. The molecular weight excluding hydrogens is 669 g/mol. The molecule has 3 heterocycles. The number of fused-ring (bicyclic) bond motifs is 9. The van der Waals surface area contributed by atoms with Crippen LogP contribution in [0.15, 0.2) is 170 Å². The van der Waals surface area contributed by atoms with E-state index in [2.05, 4.69) is 203 Å². The Morgan fingerprint density at radius 3 is 1.47 bits per heavy atom. The van der Waals surface area contributed by atoms with Gasteiger partial charge >= 0.3 is 0 Å². The van der Waals surface area contributed by atoms with Crippen LogP contribution in [0.2, 0.25) is 0 Å². The minimum absolute atomic E-state index is 0.633. The molecule has 0 unspecified atom stereocenters. The topological polar surface area (TPSA) is 38.6 Å². The molecule has 0 saturated heterocycles. The lowest BCUT2D eigenvalue weighted by atomic mass is 10.0. The first-order chi connectivity index (χ1) is 27.1. The second kappa shape index (κ2) is 11.8. The molecule has 4 heteroatoms. The van der Waals surface area contributed by atoms with E-state index in [4.69, 9.17) is 0 Å². The Balaban J connectivity index is 1.13. The maximum Gasteiger partial charge on any atom is 0.104 e. The molecule has 0 amide bonds. The third-order valence-corrected chi connectivity index (χ3v) is 11.4. The number of benzene rings is 8. The average molecular weight is 703 g/mol.